The van der Waals surface area contributed by atoms with Crippen LogP contribution in [0.3, 0.4) is 0 Å². The average Bonchev–Trinajstić information content (AvgIpc) is 2.45. The zero-order valence-corrected chi connectivity index (χ0v) is 9.48. The van der Waals surface area contributed by atoms with Gasteiger partial charge in [-0.05, 0) is 17.7 Å². The Morgan fingerprint density at radius 2 is 2.13 bits per heavy atom. The van der Waals surface area contributed by atoms with Crippen molar-refractivity contribution in [3.63, 3.8) is 0 Å². The number of hydrogen-bond donors (Lipinski definition) is 2. The van der Waals surface area contributed by atoms with Gasteiger partial charge in [0.05, 0.1) is 6.54 Å². The van der Waals surface area contributed by atoms with E-state index >= 15 is 0 Å². The quantitative estimate of drug-likeness (QED) is 0.858. The molecule has 0 bridgehead atoms. The molecule has 0 radical (unpaired) electrons. The number of nitrogens with two attached hydrogens (primary N) is 2. The van der Waals surface area contributed by atoms with Crippen molar-refractivity contribution in [1.29, 1.82) is 0 Å². The molecular formula is C9H10BrN5. The van der Waals surface area contributed by atoms with Gasteiger partial charge < -0.3 is 11.5 Å². The van der Waals surface area contributed by atoms with Crippen LogP contribution in [0.4, 0.5) is 11.9 Å². The SMILES string of the molecule is Nc1nc(N)n(Cc2cccc(Br)c2)n1. The number of rotatable bonds is 2. The van der Waals surface area contributed by atoms with E-state index in [0.29, 0.717) is 12.5 Å². The number of nitrogens with zero attached hydrogens (tertiary/aromatic N) is 3. The molecule has 6 heteroatoms. The third-order valence-electron chi connectivity index (χ3n) is 1.94. The Bertz CT molecular complexity index is 479. The Hall–Kier alpha value is -1.56. The van der Waals surface area contributed by atoms with Crippen LogP contribution < -0.4 is 11.5 Å². The van der Waals surface area contributed by atoms with Gasteiger partial charge in [0, 0.05) is 4.47 Å². The molecule has 2 rings (SSSR count). The highest BCUT2D eigenvalue weighted by atomic mass is 79.9. The first-order valence-corrected chi connectivity index (χ1v) is 5.14. The molecule has 2 aromatic rings. The second kappa shape index (κ2) is 3.90. The average molecular weight is 268 g/mol. The highest BCUT2D eigenvalue weighted by Gasteiger charge is 2.04. The topological polar surface area (TPSA) is 82.7 Å². The molecule has 0 saturated carbocycles. The van der Waals surface area contributed by atoms with Crippen molar-refractivity contribution >= 4 is 27.8 Å². The minimum atomic E-state index is 0.197. The fourth-order valence-electron chi connectivity index (χ4n) is 1.30. The van der Waals surface area contributed by atoms with Crippen LogP contribution in [-0.4, -0.2) is 14.8 Å². The van der Waals surface area contributed by atoms with E-state index < -0.39 is 0 Å². The molecule has 15 heavy (non-hydrogen) atoms. The summed E-state index contributed by atoms with van der Waals surface area (Å²) in [5.41, 5.74) is 12.1. The summed E-state index contributed by atoms with van der Waals surface area (Å²) in [5.74, 6) is 0.523. The molecule has 78 valence electrons. The van der Waals surface area contributed by atoms with Gasteiger partial charge in [-0.3, -0.25) is 0 Å². The summed E-state index contributed by atoms with van der Waals surface area (Å²) in [7, 11) is 0. The van der Waals surface area contributed by atoms with Gasteiger partial charge in [-0.15, -0.1) is 5.10 Å². The maximum atomic E-state index is 5.62. The standard InChI is InChI=1S/C9H10BrN5/c10-7-3-1-2-6(4-7)5-15-9(12)13-8(11)14-15/h1-4H,5H2,(H4,11,12,13,14). The second-order valence-electron chi connectivity index (χ2n) is 3.12. The van der Waals surface area contributed by atoms with Gasteiger partial charge in [-0.1, -0.05) is 28.1 Å². The fourth-order valence-corrected chi connectivity index (χ4v) is 1.74. The summed E-state index contributed by atoms with van der Waals surface area (Å²) >= 11 is 3.40. The second-order valence-corrected chi connectivity index (χ2v) is 4.03. The molecule has 0 fully saturated rings. The molecule has 0 amide bonds. The third kappa shape index (κ3) is 2.27. The van der Waals surface area contributed by atoms with E-state index in [1.807, 2.05) is 24.3 Å². The molecule has 0 aliphatic rings. The van der Waals surface area contributed by atoms with Crippen molar-refractivity contribution in [1.82, 2.24) is 14.8 Å². The van der Waals surface area contributed by atoms with E-state index in [1.165, 1.54) is 0 Å². The van der Waals surface area contributed by atoms with Crippen molar-refractivity contribution in [2.75, 3.05) is 11.5 Å². The predicted molar refractivity (Wildman–Crippen MR) is 62.1 cm³/mol. The molecule has 1 aromatic carbocycles. The maximum absolute atomic E-state index is 5.62. The van der Waals surface area contributed by atoms with E-state index in [0.717, 1.165) is 10.0 Å². The van der Waals surface area contributed by atoms with E-state index in [-0.39, 0.29) is 5.95 Å². The van der Waals surface area contributed by atoms with Crippen LogP contribution in [-0.2, 0) is 6.54 Å². The molecule has 1 heterocycles. The molecule has 0 unspecified atom stereocenters. The molecular weight excluding hydrogens is 258 g/mol. The van der Waals surface area contributed by atoms with Crippen LogP contribution in [0.5, 0.6) is 0 Å². The first-order chi connectivity index (χ1) is 7.15. The van der Waals surface area contributed by atoms with E-state index in [9.17, 15) is 0 Å². The molecule has 0 atom stereocenters. The molecule has 0 aliphatic carbocycles. The summed E-state index contributed by atoms with van der Waals surface area (Å²) in [6.45, 7) is 0.565. The van der Waals surface area contributed by atoms with Crippen LogP contribution in [0.2, 0.25) is 0 Å². The third-order valence-corrected chi connectivity index (χ3v) is 2.43. The summed E-state index contributed by atoms with van der Waals surface area (Å²) in [6.07, 6.45) is 0. The first-order valence-electron chi connectivity index (χ1n) is 4.35. The molecule has 0 aliphatic heterocycles. The number of halogens is 1. The van der Waals surface area contributed by atoms with E-state index in [1.54, 1.807) is 4.68 Å². The largest absolute Gasteiger partial charge is 0.368 e. The van der Waals surface area contributed by atoms with Crippen LogP contribution >= 0.6 is 15.9 Å². The highest BCUT2D eigenvalue weighted by Crippen LogP contribution is 2.13. The van der Waals surface area contributed by atoms with E-state index in [2.05, 4.69) is 26.0 Å². The molecule has 0 spiro atoms. The van der Waals surface area contributed by atoms with Crippen molar-refractivity contribution < 1.29 is 0 Å². The van der Waals surface area contributed by atoms with Gasteiger partial charge in [0.25, 0.3) is 0 Å². The van der Waals surface area contributed by atoms with Gasteiger partial charge in [0.15, 0.2) is 0 Å². The smallest absolute Gasteiger partial charge is 0.241 e. The Morgan fingerprint density at radius 3 is 2.73 bits per heavy atom. The lowest BCUT2D eigenvalue weighted by atomic mass is 10.2. The van der Waals surface area contributed by atoms with Crippen LogP contribution in [0.25, 0.3) is 0 Å². The molecule has 4 N–H and O–H groups in total. The summed E-state index contributed by atoms with van der Waals surface area (Å²) < 4.78 is 2.59. The molecule has 0 saturated heterocycles. The lowest BCUT2D eigenvalue weighted by Gasteiger charge is -2.02. The maximum Gasteiger partial charge on any atom is 0.241 e. The Labute approximate surface area is 95.2 Å². The van der Waals surface area contributed by atoms with Gasteiger partial charge in [0.1, 0.15) is 0 Å². The van der Waals surface area contributed by atoms with Gasteiger partial charge in [-0.2, -0.15) is 4.98 Å². The number of anilines is 2. The van der Waals surface area contributed by atoms with Crippen molar-refractivity contribution in [3.05, 3.63) is 34.3 Å². The summed E-state index contributed by atoms with van der Waals surface area (Å²) in [5, 5.41) is 3.98. The van der Waals surface area contributed by atoms with E-state index in [4.69, 9.17) is 11.5 Å². The molecule has 5 nitrogen and oxygen atoms in total. The minimum Gasteiger partial charge on any atom is -0.368 e. The van der Waals surface area contributed by atoms with Crippen molar-refractivity contribution in [2.45, 2.75) is 6.54 Å². The first kappa shape index (κ1) is 9.97. The monoisotopic (exact) mass is 267 g/mol. The Kier molecular flexibility index (Phi) is 2.59. The number of aromatic nitrogens is 3. The number of nitrogen functional groups attached to an aromatic ring is 2. The lowest BCUT2D eigenvalue weighted by Crippen LogP contribution is -2.06. The predicted octanol–water partition coefficient (Wildman–Crippen LogP) is 1.25. The van der Waals surface area contributed by atoms with Crippen molar-refractivity contribution in [3.8, 4) is 0 Å². The van der Waals surface area contributed by atoms with Gasteiger partial charge >= 0.3 is 0 Å². The summed E-state index contributed by atoms with van der Waals surface area (Å²) in [6, 6.07) is 7.90. The normalized spacial score (nSPS) is 10.5. The summed E-state index contributed by atoms with van der Waals surface area (Å²) in [4.78, 5) is 3.83. The van der Waals surface area contributed by atoms with Gasteiger partial charge in [-0.25, -0.2) is 4.68 Å². The Morgan fingerprint density at radius 1 is 1.33 bits per heavy atom. The lowest BCUT2D eigenvalue weighted by molar-refractivity contribution is 0.699. The zero-order chi connectivity index (χ0) is 10.8. The minimum absolute atomic E-state index is 0.197. The fraction of sp³-hybridized carbons (Fsp3) is 0.111. The van der Waals surface area contributed by atoms with Crippen molar-refractivity contribution in [2.24, 2.45) is 0 Å². The highest BCUT2D eigenvalue weighted by molar-refractivity contribution is 9.10. The van der Waals surface area contributed by atoms with Crippen LogP contribution in [0.15, 0.2) is 28.7 Å². The van der Waals surface area contributed by atoms with Crippen LogP contribution in [0.1, 0.15) is 5.56 Å². The number of hydrogen-bond acceptors (Lipinski definition) is 4. The molecule has 1 aromatic heterocycles. The van der Waals surface area contributed by atoms with Gasteiger partial charge in [0.2, 0.25) is 11.9 Å². The Balaban J connectivity index is 2.25. The van der Waals surface area contributed by atoms with Crippen LogP contribution in [0, 0.1) is 0 Å². The zero-order valence-electron chi connectivity index (χ0n) is 7.89. The number of benzene rings is 1.